The molecular formula is C24H31N7OS. The Balaban J connectivity index is 1.63. The molecule has 1 aromatic carbocycles. The largest absolute Gasteiger partial charge is 0.494 e. The van der Waals surface area contributed by atoms with Crippen molar-refractivity contribution in [3.63, 3.8) is 0 Å². The Bertz CT molecular complexity index is 1280. The summed E-state index contributed by atoms with van der Waals surface area (Å²) in [6.45, 7) is 3.90. The Kier molecular flexibility index (Phi) is 6.44. The molecule has 4 rings (SSSR count). The number of nitrogens with zero attached hydrogens (tertiary/aromatic N) is 5. The van der Waals surface area contributed by atoms with Crippen molar-refractivity contribution in [2.75, 3.05) is 57.3 Å². The number of nitrogen functional groups attached to an aromatic ring is 1. The third kappa shape index (κ3) is 4.74. The van der Waals surface area contributed by atoms with Gasteiger partial charge in [0.15, 0.2) is 0 Å². The van der Waals surface area contributed by atoms with Gasteiger partial charge in [-0.3, -0.25) is 0 Å². The first-order valence-electron chi connectivity index (χ1n) is 10.8. The first-order valence-corrected chi connectivity index (χ1v) is 11.6. The number of ether oxygens (including phenoxy) is 1. The lowest BCUT2D eigenvalue weighted by Crippen LogP contribution is -2.29. The van der Waals surface area contributed by atoms with Crippen LogP contribution in [0.15, 0.2) is 36.7 Å². The molecule has 0 radical (unpaired) electrons. The molecule has 4 aromatic rings. The van der Waals surface area contributed by atoms with E-state index in [2.05, 4.69) is 65.0 Å². The summed E-state index contributed by atoms with van der Waals surface area (Å²) in [5.74, 6) is 1.17. The zero-order valence-electron chi connectivity index (χ0n) is 20.0. The van der Waals surface area contributed by atoms with Gasteiger partial charge < -0.3 is 30.2 Å². The molecule has 0 aliphatic rings. The Morgan fingerprint density at radius 3 is 2.70 bits per heavy atom. The number of nitrogens with one attached hydrogen (secondary N) is 1. The van der Waals surface area contributed by atoms with Gasteiger partial charge in [0.2, 0.25) is 5.95 Å². The second-order valence-electron chi connectivity index (χ2n) is 8.45. The highest BCUT2D eigenvalue weighted by Gasteiger charge is 2.16. The predicted octanol–water partition coefficient (Wildman–Crippen LogP) is 4.34. The highest BCUT2D eigenvalue weighted by molar-refractivity contribution is 7.19. The van der Waals surface area contributed by atoms with Crippen LogP contribution in [0.3, 0.4) is 0 Å². The predicted molar refractivity (Wildman–Crippen MR) is 139 cm³/mol. The second kappa shape index (κ2) is 9.29. The highest BCUT2D eigenvalue weighted by atomic mass is 32.1. The molecule has 0 aliphatic carbocycles. The lowest BCUT2D eigenvalue weighted by atomic mass is 10.2. The number of likely N-dealkylation sites (N-methyl/N-ethyl adjacent to an activating group) is 2. The van der Waals surface area contributed by atoms with E-state index in [1.807, 2.05) is 25.2 Å². The molecule has 174 valence electrons. The van der Waals surface area contributed by atoms with Crippen molar-refractivity contribution in [3.8, 4) is 17.0 Å². The monoisotopic (exact) mass is 465 g/mol. The van der Waals surface area contributed by atoms with Crippen LogP contribution in [0, 0.1) is 6.92 Å². The Morgan fingerprint density at radius 1 is 1.18 bits per heavy atom. The van der Waals surface area contributed by atoms with E-state index in [1.165, 1.54) is 15.1 Å². The van der Waals surface area contributed by atoms with Gasteiger partial charge in [0, 0.05) is 56.1 Å². The number of rotatable bonds is 8. The molecule has 0 aliphatic heterocycles. The zero-order chi connectivity index (χ0) is 23.7. The standard InChI is InChI=1S/C24H31N7OS/c1-15-11-21-23(33-15)16(14-31(21)5)18-7-8-26-24(27-18)28-19-12-17(25)20(13-22(19)32-6)30(4)10-9-29(2)3/h7-8,11-14H,9-10,25H2,1-6H3,(H,26,27,28). The molecule has 0 atom stereocenters. The van der Waals surface area contributed by atoms with Gasteiger partial charge in [-0.2, -0.15) is 0 Å². The average molecular weight is 466 g/mol. The van der Waals surface area contributed by atoms with Crippen LogP contribution in [0.2, 0.25) is 0 Å². The molecule has 3 heterocycles. The maximum Gasteiger partial charge on any atom is 0.227 e. The lowest BCUT2D eigenvalue weighted by Gasteiger charge is -2.24. The summed E-state index contributed by atoms with van der Waals surface area (Å²) in [6, 6.07) is 7.96. The van der Waals surface area contributed by atoms with Crippen molar-refractivity contribution in [2.24, 2.45) is 7.05 Å². The van der Waals surface area contributed by atoms with Gasteiger partial charge in [-0.1, -0.05) is 0 Å². The van der Waals surface area contributed by atoms with E-state index in [9.17, 15) is 0 Å². The van der Waals surface area contributed by atoms with E-state index < -0.39 is 0 Å². The molecule has 0 bridgehead atoms. The Hall–Kier alpha value is -3.30. The minimum atomic E-state index is 0.490. The normalized spacial score (nSPS) is 11.4. The van der Waals surface area contributed by atoms with Crippen molar-refractivity contribution in [2.45, 2.75) is 6.92 Å². The number of hydrogen-bond donors (Lipinski definition) is 2. The van der Waals surface area contributed by atoms with Crippen molar-refractivity contribution in [3.05, 3.63) is 41.5 Å². The van der Waals surface area contributed by atoms with Crippen LogP contribution in [-0.2, 0) is 7.05 Å². The number of thiophene rings is 1. The summed E-state index contributed by atoms with van der Waals surface area (Å²) in [5, 5.41) is 3.29. The fraction of sp³-hybridized carbons (Fsp3) is 0.333. The van der Waals surface area contributed by atoms with Crippen LogP contribution in [0.25, 0.3) is 21.5 Å². The van der Waals surface area contributed by atoms with Crippen LogP contribution >= 0.6 is 11.3 Å². The van der Waals surface area contributed by atoms with Gasteiger partial charge in [-0.05, 0) is 39.2 Å². The van der Waals surface area contributed by atoms with Crippen LogP contribution in [0.5, 0.6) is 5.75 Å². The molecule has 0 saturated carbocycles. The number of nitrogens with two attached hydrogens (primary N) is 1. The summed E-state index contributed by atoms with van der Waals surface area (Å²) in [6.07, 6.45) is 3.88. The summed E-state index contributed by atoms with van der Waals surface area (Å²) in [7, 11) is 9.85. The van der Waals surface area contributed by atoms with E-state index in [0.29, 0.717) is 17.4 Å². The van der Waals surface area contributed by atoms with E-state index >= 15 is 0 Å². The number of methoxy groups -OCH3 is 1. The van der Waals surface area contributed by atoms with Crippen LogP contribution < -0.4 is 20.7 Å². The molecule has 9 heteroatoms. The van der Waals surface area contributed by atoms with E-state index in [4.69, 9.17) is 15.5 Å². The van der Waals surface area contributed by atoms with Crippen molar-refractivity contribution in [1.29, 1.82) is 0 Å². The minimum Gasteiger partial charge on any atom is -0.494 e. The molecule has 33 heavy (non-hydrogen) atoms. The minimum absolute atomic E-state index is 0.490. The Morgan fingerprint density at radius 2 is 1.97 bits per heavy atom. The number of hydrogen-bond acceptors (Lipinski definition) is 8. The first kappa shape index (κ1) is 22.9. The average Bonchev–Trinajstić information content (AvgIpc) is 3.30. The number of anilines is 4. The highest BCUT2D eigenvalue weighted by Crippen LogP contribution is 2.38. The molecule has 0 saturated heterocycles. The molecule has 0 fully saturated rings. The number of aryl methyl sites for hydroxylation is 2. The third-order valence-corrected chi connectivity index (χ3v) is 6.68. The fourth-order valence-electron chi connectivity index (χ4n) is 3.80. The molecule has 0 unspecified atom stereocenters. The molecule has 3 aromatic heterocycles. The summed E-state index contributed by atoms with van der Waals surface area (Å²) in [4.78, 5) is 14.8. The first-order chi connectivity index (χ1) is 15.8. The maximum atomic E-state index is 6.40. The molecule has 8 nitrogen and oxygen atoms in total. The lowest BCUT2D eigenvalue weighted by molar-refractivity contribution is 0.413. The van der Waals surface area contributed by atoms with E-state index in [1.54, 1.807) is 24.6 Å². The fourth-order valence-corrected chi connectivity index (χ4v) is 4.87. The van der Waals surface area contributed by atoms with Gasteiger partial charge >= 0.3 is 0 Å². The summed E-state index contributed by atoms with van der Waals surface area (Å²) >= 11 is 1.78. The number of fused-ring (bicyclic) bond motifs is 1. The third-order valence-electron chi connectivity index (χ3n) is 5.60. The molecule has 3 N–H and O–H groups in total. The van der Waals surface area contributed by atoms with Gasteiger partial charge in [0.1, 0.15) is 5.75 Å². The van der Waals surface area contributed by atoms with E-state index in [0.717, 1.165) is 35.7 Å². The smallest absolute Gasteiger partial charge is 0.227 e. The van der Waals surface area contributed by atoms with Crippen molar-refractivity contribution in [1.82, 2.24) is 19.4 Å². The van der Waals surface area contributed by atoms with Crippen molar-refractivity contribution >= 4 is 44.6 Å². The van der Waals surface area contributed by atoms with Crippen LogP contribution in [0.1, 0.15) is 4.88 Å². The Labute approximate surface area is 198 Å². The molecular weight excluding hydrogens is 434 g/mol. The van der Waals surface area contributed by atoms with Crippen LogP contribution in [-0.4, -0.2) is 60.8 Å². The topological polar surface area (TPSA) is 84.5 Å². The van der Waals surface area contributed by atoms with Gasteiger partial charge in [0.05, 0.1) is 40.1 Å². The summed E-state index contributed by atoms with van der Waals surface area (Å²) in [5.41, 5.74) is 11.9. The number of aromatic nitrogens is 3. The summed E-state index contributed by atoms with van der Waals surface area (Å²) < 4.78 is 9.02. The van der Waals surface area contributed by atoms with Gasteiger partial charge in [-0.25, -0.2) is 9.97 Å². The maximum absolute atomic E-state index is 6.40. The second-order valence-corrected chi connectivity index (χ2v) is 9.71. The quantitative estimate of drug-likeness (QED) is 0.375. The SMILES string of the molecule is COc1cc(N(C)CCN(C)C)c(N)cc1Nc1nccc(-c2cn(C)c3cc(C)sc23)n1. The van der Waals surface area contributed by atoms with Crippen molar-refractivity contribution < 1.29 is 4.74 Å². The van der Waals surface area contributed by atoms with E-state index in [-0.39, 0.29) is 0 Å². The zero-order valence-corrected chi connectivity index (χ0v) is 20.8. The van der Waals surface area contributed by atoms with Crippen LogP contribution in [0.4, 0.5) is 23.0 Å². The number of benzene rings is 1. The molecule has 0 spiro atoms. The molecule has 0 amide bonds. The van der Waals surface area contributed by atoms with Gasteiger partial charge in [-0.15, -0.1) is 11.3 Å². The van der Waals surface area contributed by atoms with Gasteiger partial charge in [0.25, 0.3) is 0 Å².